The summed E-state index contributed by atoms with van der Waals surface area (Å²) in [4.78, 5) is 17.7. The van der Waals surface area contributed by atoms with Gasteiger partial charge in [-0.05, 0) is 56.3 Å². The van der Waals surface area contributed by atoms with Crippen molar-refractivity contribution < 1.29 is 4.79 Å². The lowest BCUT2D eigenvalue weighted by molar-refractivity contribution is -0.140. The topological polar surface area (TPSA) is 42.0 Å². The van der Waals surface area contributed by atoms with E-state index in [0.29, 0.717) is 0 Å². The van der Waals surface area contributed by atoms with Crippen molar-refractivity contribution in [2.24, 2.45) is 23.2 Å². The number of carbonyl (C=O) groups is 1. The summed E-state index contributed by atoms with van der Waals surface area (Å²) in [6.45, 7) is 0. The Hall–Kier alpha value is -1.68. The highest BCUT2D eigenvalue weighted by molar-refractivity contribution is 7.14. The maximum absolute atomic E-state index is 13.1. The second-order valence-electron chi connectivity index (χ2n) is 8.06. The molecule has 1 amide bonds. The van der Waals surface area contributed by atoms with Crippen molar-refractivity contribution in [3.63, 3.8) is 0 Å². The van der Waals surface area contributed by atoms with Gasteiger partial charge >= 0.3 is 0 Å². The van der Waals surface area contributed by atoms with E-state index in [1.165, 1.54) is 30.6 Å². The number of rotatable bonds is 3. The predicted molar refractivity (Wildman–Crippen MR) is 96.8 cm³/mol. The standard InChI is InChI=1S/C20H22N2OS/c23-18(20-9-13-6-14(10-20)8-15(7-13)11-20)22-19-21-17(12-24-19)16-4-2-1-3-5-16/h1-5,12-15H,6-11H2,(H,21,22,23). The van der Waals surface area contributed by atoms with Crippen molar-refractivity contribution in [2.75, 3.05) is 5.32 Å². The highest BCUT2D eigenvalue weighted by atomic mass is 32.1. The summed E-state index contributed by atoms with van der Waals surface area (Å²) in [7, 11) is 0. The maximum atomic E-state index is 13.1. The van der Waals surface area contributed by atoms with Crippen LogP contribution in [0.1, 0.15) is 38.5 Å². The fourth-order valence-corrected chi connectivity index (χ4v) is 6.41. The molecule has 1 N–H and O–H groups in total. The molecule has 124 valence electrons. The third-order valence-electron chi connectivity index (χ3n) is 6.31. The number of hydrogen-bond donors (Lipinski definition) is 1. The van der Waals surface area contributed by atoms with Crippen LogP contribution in [0, 0.1) is 23.2 Å². The molecular formula is C20H22N2OS. The summed E-state index contributed by atoms with van der Waals surface area (Å²) in [6, 6.07) is 10.1. The van der Waals surface area contributed by atoms with Crippen molar-refractivity contribution >= 4 is 22.4 Å². The molecule has 4 aliphatic carbocycles. The number of carbonyl (C=O) groups excluding carboxylic acids is 1. The van der Waals surface area contributed by atoms with Crippen LogP contribution in [-0.4, -0.2) is 10.9 Å². The van der Waals surface area contributed by atoms with Crippen molar-refractivity contribution in [3.8, 4) is 11.3 Å². The summed E-state index contributed by atoms with van der Waals surface area (Å²) in [6.07, 6.45) is 7.39. The first-order chi connectivity index (χ1) is 11.7. The maximum Gasteiger partial charge on any atom is 0.232 e. The summed E-state index contributed by atoms with van der Waals surface area (Å²) < 4.78 is 0. The molecule has 4 bridgehead atoms. The molecule has 0 aliphatic heterocycles. The highest BCUT2D eigenvalue weighted by Gasteiger charge is 2.54. The van der Waals surface area contributed by atoms with Crippen LogP contribution in [0.25, 0.3) is 11.3 Å². The minimum absolute atomic E-state index is 0.104. The van der Waals surface area contributed by atoms with E-state index in [0.717, 1.165) is 53.4 Å². The van der Waals surface area contributed by atoms with E-state index in [-0.39, 0.29) is 11.3 Å². The molecule has 0 atom stereocenters. The first-order valence-corrected chi connectivity index (χ1v) is 9.91. The van der Waals surface area contributed by atoms with Gasteiger partial charge in [0.2, 0.25) is 5.91 Å². The Balaban J connectivity index is 1.35. The first-order valence-electron chi connectivity index (χ1n) is 9.03. The van der Waals surface area contributed by atoms with E-state index in [2.05, 4.69) is 22.4 Å². The molecule has 24 heavy (non-hydrogen) atoms. The molecule has 1 aromatic carbocycles. The lowest BCUT2D eigenvalue weighted by Crippen LogP contribution is -2.51. The number of amides is 1. The lowest BCUT2D eigenvalue weighted by atomic mass is 9.49. The van der Waals surface area contributed by atoms with E-state index in [1.807, 2.05) is 23.6 Å². The van der Waals surface area contributed by atoms with Gasteiger partial charge < -0.3 is 5.32 Å². The highest BCUT2D eigenvalue weighted by Crippen LogP contribution is 2.60. The van der Waals surface area contributed by atoms with Gasteiger partial charge in [0.05, 0.1) is 11.1 Å². The number of benzene rings is 1. The quantitative estimate of drug-likeness (QED) is 0.859. The van der Waals surface area contributed by atoms with Gasteiger partial charge in [-0.2, -0.15) is 0 Å². The minimum atomic E-state index is -0.104. The van der Waals surface area contributed by atoms with Gasteiger partial charge in [-0.1, -0.05) is 30.3 Å². The van der Waals surface area contributed by atoms with Crippen molar-refractivity contribution in [2.45, 2.75) is 38.5 Å². The lowest BCUT2D eigenvalue weighted by Gasteiger charge is -2.55. The monoisotopic (exact) mass is 338 g/mol. The second kappa shape index (κ2) is 5.41. The fourth-order valence-electron chi connectivity index (χ4n) is 5.69. The van der Waals surface area contributed by atoms with Gasteiger partial charge in [-0.25, -0.2) is 4.98 Å². The molecule has 0 spiro atoms. The van der Waals surface area contributed by atoms with Crippen LogP contribution < -0.4 is 5.32 Å². The van der Waals surface area contributed by atoms with E-state index < -0.39 is 0 Å². The summed E-state index contributed by atoms with van der Waals surface area (Å²) in [5.41, 5.74) is 1.94. The van der Waals surface area contributed by atoms with Crippen LogP contribution in [-0.2, 0) is 4.79 Å². The van der Waals surface area contributed by atoms with Crippen LogP contribution in [0.3, 0.4) is 0 Å². The number of nitrogens with one attached hydrogen (secondary N) is 1. The molecule has 6 rings (SSSR count). The van der Waals surface area contributed by atoms with Gasteiger partial charge in [0.1, 0.15) is 0 Å². The Labute approximate surface area is 146 Å². The van der Waals surface area contributed by atoms with E-state index in [4.69, 9.17) is 0 Å². The Morgan fingerprint density at radius 1 is 1.04 bits per heavy atom. The smallest absolute Gasteiger partial charge is 0.232 e. The van der Waals surface area contributed by atoms with Crippen LogP contribution in [0.5, 0.6) is 0 Å². The van der Waals surface area contributed by atoms with Gasteiger partial charge in [-0.3, -0.25) is 4.79 Å². The molecule has 1 aromatic heterocycles. The molecule has 0 radical (unpaired) electrons. The van der Waals surface area contributed by atoms with E-state index >= 15 is 0 Å². The third-order valence-corrected chi connectivity index (χ3v) is 7.07. The van der Waals surface area contributed by atoms with Crippen LogP contribution in [0.15, 0.2) is 35.7 Å². The van der Waals surface area contributed by atoms with E-state index in [9.17, 15) is 4.79 Å². The molecule has 1 heterocycles. The Morgan fingerprint density at radius 2 is 1.67 bits per heavy atom. The van der Waals surface area contributed by atoms with Crippen LogP contribution >= 0.6 is 11.3 Å². The Kier molecular flexibility index (Phi) is 3.30. The zero-order valence-corrected chi connectivity index (χ0v) is 14.5. The van der Waals surface area contributed by atoms with Gasteiger partial charge in [0, 0.05) is 10.9 Å². The summed E-state index contributed by atoms with van der Waals surface area (Å²) >= 11 is 1.53. The van der Waals surface area contributed by atoms with Crippen molar-refractivity contribution in [1.29, 1.82) is 0 Å². The molecule has 3 nitrogen and oxygen atoms in total. The molecule has 2 aromatic rings. The zero-order valence-electron chi connectivity index (χ0n) is 13.7. The normalized spacial score (nSPS) is 33.6. The van der Waals surface area contributed by atoms with Crippen molar-refractivity contribution in [1.82, 2.24) is 4.98 Å². The zero-order chi connectivity index (χ0) is 16.1. The molecule has 0 saturated heterocycles. The predicted octanol–water partition coefficient (Wildman–Crippen LogP) is 4.97. The summed E-state index contributed by atoms with van der Waals surface area (Å²) in [5, 5.41) is 5.93. The molecule has 4 fully saturated rings. The molecule has 4 saturated carbocycles. The average Bonchev–Trinajstić information content (AvgIpc) is 3.03. The summed E-state index contributed by atoms with van der Waals surface area (Å²) in [5.74, 6) is 2.60. The number of thiazole rings is 1. The number of hydrogen-bond acceptors (Lipinski definition) is 3. The molecular weight excluding hydrogens is 316 g/mol. The second-order valence-corrected chi connectivity index (χ2v) is 8.91. The number of aromatic nitrogens is 1. The van der Waals surface area contributed by atoms with Crippen LogP contribution in [0.4, 0.5) is 5.13 Å². The van der Waals surface area contributed by atoms with Crippen LogP contribution in [0.2, 0.25) is 0 Å². The SMILES string of the molecule is O=C(Nc1nc(-c2ccccc2)cs1)C12CC3CC(CC(C3)C1)C2. The Bertz CT molecular complexity index is 732. The fraction of sp³-hybridized carbons (Fsp3) is 0.500. The van der Waals surface area contributed by atoms with E-state index in [1.54, 1.807) is 0 Å². The largest absolute Gasteiger partial charge is 0.301 e. The number of nitrogens with zero attached hydrogens (tertiary/aromatic N) is 1. The number of anilines is 1. The van der Waals surface area contributed by atoms with Gasteiger partial charge in [0.25, 0.3) is 0 Å². The average molecular weight is 338 g/mol. The first kappa shape index (κ1) is 14.6. The van der Waals surface area contributed by atoms with Gasteiger partial charge in [0.15, 0.2) is 5.13 Å². The third kappa shape index (κ3) is 2.39. The Morgan fingerprint density at radius 3 is 2.29 bits per heavy atom. The minimum Gasteiger partial charge on any atom is -0.301 e. The van der Waals surface area contributed by atoms with Gasteiger partial charge in [-0.15, -0.1) is 11.3 Å². The van der Waals surface area contributed by atoms with Crippen molar-refractivity contribution in [3.05, 3.63) is 35.7 Å². The molecule has 4 heteroatoms. The molecule has 0 unspecified atom stereocenters. The molecule has 4 aliphatic rings.